The number of amides is 4. The highest BCUT2D eigenvalue weighted by Crippen LogP contribution is 2.19. The second kappa shape index (κ2) is 15.4. The van der Waals surface area contributed by atoms with E-state index < -0.39 is 29.8 Å². The van der Waals surface area contributed by atoms with Crippen LogP contribution in [0.3, 0.4) is 0 Å². The van der Waals surface area contributed by atoms with E-state index in [0.717, 1.165) is 11.1 Å². The van der Waals surface area contributed by atoms with Crippen LogP contribution >= 0.6 is 0 Å². The van der Waals surface area contributed by atoms with E-state index in [0.29, 0.717) is 11.5 Å². The van der Waals surface area contributed by atoms with Crippen molar-refractivity contribution < 1.29 is 33.8 Å². The van der Waals surface area contributed by atoms with E-state index in [1.165, 1.54) is 17.0 Å². The monoisotopic (exact) mass is 602 g/mol. The van der Waals surface area contributed by atoms with Gasteiger partial charge in [0.2, 0.25) is 17.7 Å². The summed E-state index contributed by atoms with van der Waals surface area (Å²) in [4.78, 5) is 54.5. The molecule has 4 amide bonds. The molecule has 4 N–H and O–H groups in total. The number of carbonyl (C=O) groups is 4. The molecule has 0 unspecified atom stereocenters. The van der Waals surface area contributed by atoms with Gasteiger partial charge >= 0.3 is 0 Å². The molecule has 11 heteroatoms. The maximum absolute atomic E-state index is 13.4. The quantitative estimate of drug-likeness (QED) is 0.304. The molecule has 1 aliphatic rings. The van der Waals surface area contributed by atoms with Crippen LogP contribution in [0.2, 0.25) is 0 Å². The van der Waals surface area contributed by atoms with Gasteiger partial charge in [-0.1, -0.05) is 42.0 Å². The molecule has 44 heavy (non-hydrogen) atoms. The van der Waals surface area contributed by atoms with Crippen molar-refractivity contribution in [2.75, 3.05) is 33.4 Å². The van der Waals surface area contributed by atoms with Crippen molar-refractivity contribution in [1.82, 2.24) is 20.9 Å². The predicted octanol–water partition coefficient (Wildman–Crippen LogP) is 2.35. The molecule has 4 rings (SSSR count). The summed E-state index contributed by atoms with van der Waals surface area (Å²) < 4.78 is 11.6. The average Bonchev–Trinajstić information content (AvgIpc) is 3.02. The number of phenols is 1. The zero-order valence-electron chi connectivity index (χ0n) is 24.9. The summed E-state index contributed by atoms with van der Waals surface area (Å²) in [7, 11) is 1.61. The molecule has 2 atom stereocenters. The number of phenolic OH excluding ortho intramolecular Hbond substituents is 1. The number of nitrogens with zero attached hydrogens (tertiary/aromatic N) is 1. The van der Waals surface area contributed by atoms with Crippen molar-refractivity contribution >= 4 is 23.6 Å². The maximum Gasteiger partial charge on any atom is 0.255 e. The molecule has 0 bridgehead atoms. The lowest BCUT2D eigenvalue weighted by Gasteiger charge is -2.25. The van der Waals surface area contributed by atoms with Crippen LogP contribution in [0.25, 0.3) is 0 Å². The molecule has 0 spiro atoms. The van der Waals surface area contributed by atoms with Crippen molar-refractivity contribution in [3.05, 3.63) is 89.5 Å². The van der Waals surface area contributed by atoms with E-state index in [1.807, 2.05) is 31.2 Å². The summed E-state index contributed by atoms with van der Waals surface area (Å²) in [6.45, 7) is 2.66. The van der Waals surface area contributed by atoms with Crippen LogP contribution in [0.1, 0.15) is 34.3 Å². The number of likely N-dealkylation sites (N-methyl/N-ethyl adjacent to an activating group) is 1. The normalized spacial score (nSPS) is 18.0. The van der Waals surface area contributed by atoms with Gasteiger partial charge in [0.05, 0.1) is 18.7 Å². The van der Waals surface area contributed by atoms with Gasteiger partial charge < -0.3 is 35.4 Å². The van der Waals surface area contributed by atoms with E-state index in [-0.39, 0.29) is 62.8 Å². The summed E-state index contributed by atoms with van der Waals surface area (Å²) >= 11 is 0. The lowest BCUT2D eigenvalue weighted by molar-refractivity contribution is -0.135. The fourth-order valence-corrected chi connectivity index (χ4v) is 4.66. The van der Waals surface area contributed by atoms with E-state index >= 15 is 0 Å². The Kier molecular flexibility index (Phi) is 11.2. The number of rotatable bonds is 7. The maximum atomic E-state index is 13.4. The van der Waals surface area contributed by atoms with Gasteiger partial charge in [-0.3, -0.25) is 19.2 Å². The first-order valence-electron chi connectivity index (χ1n) is 14.5. The van der Waals surface area contributed by atoms with Crippen molar-refractivity contribution in [1.29, 1.82) is 0 Å². The van der Waals surface area contributed by atoms with Crippen molar-refractivity contribution in [2.45, 2.75) is 38.3 Å². The first-order chi connectivity index (χ1) is 21.2. The summed E-state index contributed by atoms with van der Waals surface area (Å²) in [5, 5.41) is 18.0. The van der Waals surface area contributed by atoms with E-state index in [9.17, 15) is 24.3 Å². The molecule has 11 nitrogen and oxygen atoms in total. The number of ether oxygens (including phenoxy) is 2. The minimum atomic E-state index is -1.04. The largest absolute Gasteiger partial charge is 0.508 e. The Morgan fingerprint density at radius 2 is 1.75 bits per heavy atom. The molecule has 232 valence electrons. The van der Waals surface area contributed by atoms with Gasteiger partial charge in [-0.2, -0.15) is 0 Å². The summed E-state index contributed by atoms with van der Waals surface area (Å²) in [6.07, 6.45) is 0.0567. The van der Waals surface area contributed by atoms with Crippen LogP contribution in [0.4, 0.5) is 0 Å². The fraction of sp³-hybridized carbons (Fsp3) is 0.333. The zero-order chi connectivity index (χ0) is 31.5. The number of aromatic hydroxyl groups is 1. The Labute approximate surface area is 256 Å². The third-order valence-electron chi connectivity index (χ3n) is 7.17. The number of fused-ring (bicyclic) bond motifs is 1. The first-order valence-corrected chi connectivity index (χ1v) is 14.5. The number of carbonyl (C=O) groups excluding carboxylic acids is 4. The topological polar surface area (TPSA) is 146 Å². The van der Waals surface area contributed by atoms with Crippen LogP contribution in [-0.4, -0.2) is 79.1 Å². The third kappa shape index (κ3) is 9.22. The number of hydrogen-bond acceptors (Lipinski definition) is 7. The number of hydrogen-bond donors (Lipinski definition) is 4. The van der Waals surface area contributed by atoms with Crippen LogP contribution < -0.4 is 25.4 Å². The van der Waals surface area contributed by atoms with Crippen molar-refractivity contribution in [2.24, 2.45) is 0 Å². The SMILES string of the molecule is Cc1ccc(OCCNC(=O)[C@@H]2CCC(=O)N[C@@H](Cc3ccc(O)cc3)C(=O)N(C)CCOc3ccccc3C(=O)N2)cc1. The number of nitrogens with one attached hydrogen (secondary N) is 3. The Morgan fingerprint density at radius 3 is 2.50 bits per heavy atom. The Bertz CT molecular complexity index is 1440. The van der Waals surface area contributed by atoms with E-state index in [1.54, 1.807) is 43.4 Å². The van der Waals surface area contributed by atoms with Gasteiger partial charge in [-0.15, -0.1) is 0 Å². The second-order valence-corrected chi connectivity index (χ2v) is 10.6. The molecule has 0 saturated carbocycles. The highest BCUT2D eigenvalue weighted by molar-refractivity contribution is 5.99. The molecule has 0 aliphatic carbocycles. The Balaban J connectivity index is 1.49. The van der Waals surface area contributed by atoms with E-state index in [4.69, 9.17) is 9.47 Å². The zero-order valence-corrected chi connectivity index (χ0v) is 24.9. The first kappa shape index (κ1) is 31.9. The van der Waals surface area contributed by atoms with Crippen LogP contribution in [0.15, 0.2) is 72.8 Å². The molecule has 1 aliphatic heterocycles. The Hall–Kier alpha value is -5.06. The van der Waals surface area contributed by atoms with Gasteiger partial charge in [0.15, 0.2) is 0 Å². The van der Waals surface area contributed by atoms with Crippen LogP contribution in [0, 0.1) is 6.92 Å². The summed E-state index contributed by atoms with van der Waals surface area (Å²) in [6, 6.07) is 18.6. The second-order valence-electron chi connectivity index (χ2n) is 10.6. The minimum Gasteiger partial charge on any atom is -0.508 e. The standard InChI is InChI=1S/C33H38N4O7/c1-22-7-13-25(14-8-22)43-19-17-34-32(41)27-15-16-30(39)35-28(21-23-9-11-24(38)12-10-23)33(42)37(2)18-20-44-29-6-4-3-5-26(29)31(40)36-27/h3-14,27-28,38H,15-21H2,1-2H3,(H,34,41)(H,35,39)(H,36,40)/t27-,28-/m0/s1. The lowest BCUT2D eigenvalue weighted by Crippen LogP contribution is -2.50. The molecule has 0 fully saturated rings. The molecule has 1 heterocycles. The molecule has 0 radical (unpaired) electrons. The molecule has 3 aromatic rings. The van der Waals surface area contributed by atoms with Crippen LogP contribution in [-0.2, 0) is 20.8 Å². The highest BCUT2D eigenvalue weighted by Gasteiger charge is 2.28. The van der Waals surface area contributed by atoms with Gasteiger partial charge in [-0.05, 0) is 55.3 Å². The number of benzene rings is 3. The Morgan fingerprint density at radius 1 is 1.02 bits per heavy atom. The average molecular weight is 603 g/mol. The molecular formula is C33H38N4O7. The molecule has 0 aromatic heterocycles. The van der Waals surface area contributed by atoms with E-state index in [2.05, 4.69) is 16.0 Å². The minimum absolute atomic E-state index is 0.0127. The van der Waals surface area contributed by atoms with Gasteiger partial charge in [0, 0.05) is 19.9 Å². The van der Waals surface area contributed by atoms with Crippen molar-refractivity contribution in [3.8, 4) is 17.2 Å². The van der Waals surface area contributed by atoms with Crippen molar-refractivity contribution in [3.63, 3.8) is 0 Å². The summed E-state index contributed by atoms with van der Waals surface area (Å²) in [5.41, 5.74) is 2.08. The molecule has 3 aromatic carbocycles. The number of aryl methyl sites for hydroxylation is 1. The van der Waals surface area contributed by atoms with Gasteiger partial charge in [-0.25, -0.2) is 0 Å². The summed E-state index contributed by atoms with van der Waals surface area (Å²) in [5.74, 6) is -0.705. The third-order valence-corrected chi connectivity index (χ3v) is 7.17. The molecular weight excluding hydrogens is 564 g/mol. The number of para-hydroxylation sites is 1. The highest BCUT2D eigenvalue weighted by atomic mass is 16.5. The smallest absolute Gasteiger partial charge is 0.255 e. The lowest BCUT2D eigenvalue weighted by atomic mass is 10.0. The predicted molar refractivity (Wildman–Crippen MR) is 163 cm³/mol. The van der Waals surface area contributed by atoms with Gasteiger partial charge in [0.25, 0.3) is 5.91 Å². The van der Waals surface area contributed by atoms with Gasteiger partial charge in [0.1, 0.15) is 42.5 Å². The van der Waals surface area contributed by atoms with Crippen LogP contribution in [0.5, 0.6) is 17.2 Å². The fourth-order valence-electron chi connectivity index (χ4n) is 4.66. The molecule has 0 saturated heterocycles.